The van der Waals surface area contributed by atoms with Crippen LogP contribution in [-0.2, 0) is 38.0 Å². The maximum Gasteiger partial charge on any atom is 0.341 e. The normalized spacial score (nSPS) is 11.0. The minimum atomic E-state index is -1.07. The van der Waals surface area contributed by atoms with Gasteiger partial charge in [-0.15, -0.1) is 0 Å². The highest BCUT2D eigenvalue weighted by Crippen LogP contribution is 2.41. The van der Waals surface area contributed by atoms with Crippen LogP contribution >= 0.6 is 0 Å². The highest BCUT2D eigenvalue weighted by Gasteiger charge is 2.24. The molecule has 83 heavy (non-hydrogen) atoms. The molecule has 3 N–H and O–H groups in total. The fraction of sp³-hybridized carbons (Fsp3) is 0.268. The number of carboxylic acids is 1. The second kappa shape index (κ2) is 28.5. The summed E-state index contributed by atoms with van der Waals surface area (Å²) >= 11 is 0. The van der Waals surface area contributed by atoms with Crippen molar-refractivity contribution in [1.82, 2.24) is 0 Å². The Balaban J connectivity index is 0.000000264. The molecule has 12 nitrogen and oxygen atoms in total. The second-order valence-electron chi connectivity index (χ2n) is 21.9. The molecule has 0 heterocycles. The van der Waals surface area contributed by atoms with E-state index in [1.165, 1.54) is 0 Å². The van der Waals surface area contributed by atoms with Gasteiger partial charge in [0.05, 0.1) is 44.0 Å². The lowest BCUT2D eigenvalue weighted by Crippen LogP contribution is -2.16. The van der Waals surface area contributed by atoms with Crippen molar-refractivity contribution in [3.63, 3.8) is 0 Å². The lowest BCUT2D eigenvalue weighted by Gasteiger charge is -2.23. The van der Waals surface area contributed by atoms with Gasteiger partial charge in [0.2, 0.25) is 11.8 Å². The van der Waals surface area contributed by atoms with E-state index in [1.807, 2.05) is 155 Å². The molecule has 0 saturated carbocycles. The van der Waals surface area contributed by atoms with Crippen LogP contribution in [0.5, 0.6) is 34.5 Å². The molecule has 0 fully saturated rings. The average molecular weight is 1120 g/mol. The molecule has 8 aromatic rings. The third kappa shape index (κ3) is 17.2. The summed E-state index contributed by atoms with van der Waals surface area (Å²) in [5.74, 6) is 1.32. The first kappa shape index (κ1) is 63.0. The van der Waals surface area contributed by atoms with E-state index in [0.29, 0.717) is 64.5 Å². The Hall–Kier alpha value is -9.16. The zero-order chi connectivity index (χ0) is 59.1. The summed E-state index contributed by atoms with van der Waals surface area (Å²) in [5.41, 5.74) is 10.3. The Labute approximate surface area is 489 Å². The molecule has 0 atom stereocenters. The number of carbonyl (C=O) groups is 4. The number of esters is 1. The van der Waals surface area contributed by atoms with E-state index in [9.17, 15) is 24.3 Å². The molecule has 0 spiro atoms. The maximum absolute atomic E-state index is 13.2. The number of hydrogen-bond donors (Lipinski definition) is 3. The first-order chi connectivity index (χ1) is 39.1. The first-order valence-electron chi connectivity index (χ1n) is 27.6. The number of benzene rings is 8. The predicted molar refractivity (Wildman–Crippen MR) is 333 cm³/mol. The quantitative estimate of drug-likeness (QED) is 0.0666. The fourth-order valence-corrected chi connectivity index (χ4v) is 9.07. The largest absolute Gasteiger partial charge is 0.493 e. The topological polar surface area (TPSA) is 159 Å². The zero-order valence-corrected chi connectivity index (χ0v) is 48.8. The maximum atomic E-state index is 13.2. The van der Waals surface area contributed by atoms with Crippen molar-refractivity contribution < 1.29 is 48.0 Å². The van der Waals surface area contributed by atoms with Gasteiger partial charge >= 0.3 is 11.9 Å². The molecule has 0 aliphatic carbocycles. The fourth-order valence-electron chi connectivity index (χ4n) is 9.07. The van der Waals surface area contributed by atoms with Crippen LogP contribution in [0.3, 0.4) is 0 Å². The average Bonchev–Trinajstić information content (AvgIpc) is 3.64. The molecule has 432 valence electrons. The molecule has 0 bridgehead atoms. The van der Waals surface area contributed by atoms with E-state index in [0.717, 1.165) is 55.8 Å². The van der Waals surface area contributed by atoms with Gasteiger partial charge in [-0.05, 0) is 139 Å². The van der Waals surface area contributed by atoms with E-state index in [4.69, 9.17) is 23.7 Å². The number of hydrogen-bond acceptors (Lipinski definition) is 9. The minimum absolute atomic E-state index is 0. The van der Waals surface area contributed by atoms with Gasteiger partial charge in [0.1, 0.15) is 34.1 Å². The van der Waals surface area contributed by atoms with Crippen molar-refractivity contribution in [3.8, 4) is 56.8 Å². The number of nitrogens with one attached hydrogen (secondary N) is 2. The molecule has 8 rings (SSSR count). The van der Waals surface area contributed by atoms with Crippen LogP contribution in [0.2, 0.25) is 0 Å². The van der Waals surface area contributed by atoms with Gasteiger partial charge in [0, 0.05) is 11.1 Å². The van der Waals surface area contributed by atoms with Gasteiger partial charge < -0.3 is 39.4 Å². The lowest BCUT2D eigenvalue weighted by molar-refractivity contribution is -0.116. The molecular formula is C71H78N2O10. The second-order valence-corrected chi connectivity index (χ2v) is 21.9. The number of anilines is 2. The van der Waals surface area contributed by atoms with Crippen LogP contribution < -0.4 is 29.6 Å². The molecule has 0 unspecified atom stereocenters. The van der Waals surface area contributed by atoms with Crippen LogP contribution in [0.4, 0.5) is 11.4 Å². The molecule has 12 heteroatoms. The van der Waals surface area contributed by atoms with Crippen molar-refractivity contribution in [3.05, 3.63) is 214 Å². The van der Waals surface area contributed by atoms with Crippen LogP contribution in [0.25, 0.3) is 22.3 Å². The molecule has 0 aromatic heterocycles. The molecule has 0 aliphatic heterocycles. The Morgan fingerprint density at radius 3 is 1.17 bits per heavy atom. The van der Waals surface area contributed by atoms with Crippen molar-refractivity contribution in [2.45, 2.75) is 107 Å². The van der Waals surface area contributed by atoms with Crippen molar-refractivity contribution >= 4 is 35.1 Å². The molecule has 0 radical (unpaired) electrons. The summed E-state index contributed by atoms with van der Waals surface area (Å²) in [4.78, 5) is 51.0. The van der Waals surface area contributed by atoms with Gasteiger partial charge in [-0.1, -0.05) is 169 Å². The number of aryl methyl sites for hydroxylation is 2. The summed E-state index contributed by atoms with van der Waals surface area (Å²) in [6, 6.07) is 53.0. The number of rotatable bonds is 19. The van der Waals surface area contributed by atoms with Gasteiger partial charge in [-0.25, -0.2) is 9.59 Å². The van der Waals surface area contributed by atoms with E-state index in [1.54, 1.807) is 43.3 Å². The van der Waals surface area contributed by atoms with Crippen LogP contribution in [-0.4, -0.2) is 48.7 Å². The highest BCUT2D eigenvalue weighted by atomic mass is 16.5. The minimum Gasteiger partial charge on any atom is -0.493 e. The lowest BCUT2D eigenvalue weighted by atomic mass is 9.86. The highest BCUT2D eigenvalue weighted by molar-refractivity contribution is 5.97. The van der Waals surface area contributed by atoms with E-state index >= 15 is 0 Å². The van der Waals surface area contributed by atoms with Crippen LogP contribution in [0.15, 0.2) is 170 Å². The molecular weight excluding hydrogens is 1040 g/mol. The van der Waals surface area contributed by atoms with E-state index in [2.05, 4.69) is 58.2 Å². The smallest absolute Gasteiger partial charge is 0.341 e. The van der Waals surface area contributed by atoms with Gasteiger partial charge in [0.25, 0.3) is 0 Å². The summed E-state index contributed by atoms with van der Waals surface area (Å²) in [6.45, 7) is 23.3. The number of carboxylic acid groups (broad SMARTS) is 1. The van der Waals surface area contributed by atoms with Crippen molar-refractivity contribution in [1.29, 1.82) is 0 Å². The van der Waals surface area contributed by atoms with Gasteiger partial charge in [-0.2, -0.15) is 0 Å². The Kier molecular flexibility index (Phi) is 21.6. The molecule has 0 saturated heterocycles. The number of aromatic carboxylic acids is 1. The summed E-state index contributed by atoms with van der Waals surface area (Å²) in [5, 5.41) is 15.8. The predicted octanol–water partition coefficient (Wildman–Crippen LogP) is 17.2. The SMILES string of the molecule is C.CCOC(=O)c1cc(-c2ccc(Oc3ccccc3C(C)(C)C)c(NC(=O)Cc3ccc(C)cc3)c2)ccc1OCC.CCOc1ccc(-c2ccc(Oc3ccccc3C(C)(C)C)c(NC(=O)Cc3ccc(C)cc3)c2)cc1C(=O)O. The van der Waals surface area contributed by atoms with E-state index < -0.39 is 11.9 Å². The number of ether oxygens (including phenoxy) is 5. The zero-order valence-electron chi connectivity index (χ0n) is 48.8. The van der Waals surface area contributed by atoms with Crippen molar-refractivity contribution in [2.24, 2.45) is 0 Å². The van der Waals surface area contributed by atoms with Crippen LogP contribution in [0.1, 0.15) is 124 Å². The Morgan fingerprint density at radius 1 is 0.434 bits per heavy atom. The van der Waals surface area contributed by atoms with Crippen molar-refractivity contribution in [2.75, 3.05) is 30.5 Å². The molecule has 0 aliphatic rings. The molecule has 8 aromatic carbocycles. The summed E-state index contributed by atoms with van der Waals surface area (Å²) in [6.07, 6.45) is 0.424. The monoisotopic (exact) mass is 1120 g/mol. The first-order valence-corrected chi connectivity index (χ1v) is 27.6. The van der Waals surface area contributed by atoms with Gasteiger partial charge in [-0.3, -0.25) is 9.59 Å². The number of carbonyl (C=O) groups excluding carboxylic acids is 3. The standard InChI is InChI=1S/C36H39NO5.C34H35NO5.CH4/c1-7-40-31-19-17-26(22-28(31)35(39)41-8-2)27-18-20-33(42-32-12-10-9-11-29(32)36(4,5)6)30(23-27)37-34(38)21-25-15-13-24(3)14-16-25;1-6-39-29-17-15-24(20-26(29)33(37)38)25-16-18-31(40-30-10-8-7-9-27(30)34(3,4)5)28(21-25)35-32(36)19-23-13-11-22(2)12-14-23;/h9-20,22-23H,7-8,21H2,1-6H3,(H,37,38);7-18,20-21H,6,19H2,1-5H3,(H,35,36)(H,37,38);1H4. The molecule has 2 amide bonds. The van der Waals surface area contributed by atoms with E-state index in [-0.39, 0.29) is 55.1 Å². The third-order valence-electron chi connectivity index (χ3n) is 13.3. The number of amides is 2. The summed E-state index contributed by atoms with van der Waals surface area (Å²) in [7, 11) is 0. The Morgan fingerprint density at radius 2 is 0.795 bits per heavy atom. The Bertz CT molecular complexity index is 3540. The third-order valence-corrected chi connectivity index (χ3v) is 13.3. The summed E-state index contributed by atoms with van der Waals surface area (Å²) < 4.78 is 29.3. The van der Waals surface area contributed by atoms with Gasteiger partial charge in [0.15, 0.2) is 11.5 Å². The van der Waals surface area contributed by atoms with Crippen LogP contribution in [0, 0.1) is 13.8 Å². The number of para-hydroxylation sites is 2.